The van der Waals surface area contributed by atoms with Gasteiger partial charge in [-0.25, -0.2) is 0 Å². The molecule has 2 saturated heterocycles. The molecule has 0 saturated carbocycles. The molecule has 0 bridgehead atoms. The molecule has 0 amide bonds. The summed E-state index contributed by atoms with van der Waals surface area (Å²) in [7, 11) is 0. The van der Waals surface area contributed by atoms with Crippen LogP contribution in [0.25, 0.3) is 0 Å². The molecule has 86 valence electrons. The number of hydrogen-bond acceptors (Lipinski definition) is 2. The Kier molecular flexibility index (Phi) is 2.57. The van der Waals surface area contributed by atoms with E-state index in [0.717, 1.165) is 24.2 Å². The lowest BCUT2D eigenvalue weighted by Crippen LogP contribution is -2.70. The van der Waals surface area contributed by atoms with Gasteiger partial charge in [0.05, 0.1) is 12.7 Å². The van der Waals surface area contributed by atoms with E-state index in [9.17, 15) is 0 Å². The third kappa shape index (κ3) is 1.53. The monoisotopic (exact) mass is 281 g/mol. The lowest BCUT2D eigenvalue weighted by Gasteiger charge is -2.57. The van der Waals surface area contributed by atoms with Gasteiger partial charge < -0.3 is 10.1 Å². The molecule has 2 unspecified atom stereocenters. The second-order valence-electron chi connectivity index (χ2n) is 5.04. The van der Waals surface area contributed by atoms with Crippen LogP contribution in [-0.2, 0) is 4.74 Å². The summed E-state index contributed by atoms with van der Waals surface area (Å²) in [6.07, 6.45) is 0.398. The molecule has 1 aromatic carbocycles. The highest BCUT2D eigenvalue weighted by molar-refractivity contribution is 9.10. The van der Waals surface area contributed by atoms with Crippen LogP contribution in [0.15, 0.2) is 28.7 Å². The SMILES string of the molecule is CC(c1ccc(Br)cc1)C1OCC12CNC2. The molecular weight excluding hydrogens is 266 g/mol. The highest BCUT2D eigenvalue weighted by Gasteiger charge is 2.54. The standard InChI is InChI=1S/C13H16BrNO/c1-9(10-2-4-11(14)5-3-10)12-13(8-16-12)6-15-7-13/h2-5,9,12,15H,6-8H2,1H3. The number of nitrogens with one attached hydrogen (secondary N) is 1. The normalized spacial score (nSPS) is 28.2. The first-order valence-corrected chi connectivity index (χ1v) is 6.58. The molecule has 0 radical (unpaired) electrons. The number of ether oxygens (including phenoxy) is 1. The Labute approximate surface area is 105 Å². The molecule has 2 aliphatic rings. The highest BCUT2D eigenvalue weighted by Crippen LogP contribution is 2.45. The molecule has 2 heterocycles. The third-order valence-corrected chi connectivity index (χ3v) is 4.49. The van der Waals surface area contributed by atoms with Gasteiger partial charge >= 0.3 is 0 Å². The van der Waals surface area contributed by atoms with Crippen molar-refractivity contribution < 1.29 is 4.74 Å². The Balaban J connectivity index is 1.77. The molecule has 3 rings (SSSR count). The topological polar surface area (TPSA) is 21.3 Å². The fourth-order valence-electron chi connectivity index (χ4n) is 2.78. The molecule has 2 atom stereocenters. The summed E-state index contributed by atoms with van der Waals surface area (Å²) in [5, 5.41) is 3.36. The third-order valence-electron chi connectivity index (χ3n) is 3.96. The van der Waals surface area contributed by atoms with E-state index >= 15 is 0 Å². The van der Waals surface area contributed by atoms with Crippen molar-refractivity contribution in [2.75, 3.05) is 19.7 Å². The van der Waals surface area contributed by atoms with Crippen molar-refractivity contribution in [2.45, 2.75) is 18.9 Å². The summed E-state index contributed by atoms with van der Waals surface area (Å²) < 4.78 is 6.92. The first-order chi connectivity index (χ1) is 7.71. The quantitative estimate of drug-likeness (QED) is 0.900. The Morgan fingerprint density at radius 2 is 2.06 bits per heavy atom. The average Bonchev–Trinajstić information content (AvgIpc) is 2.14. The van der Waals surface area contributed by atoms with Crippen molar-refractivity contribution >= 4 is 15.9 Å². The van der Waals surface area contributed by atoms with Crippen LogP contribution in [0.1, 0.15) is 18.4 Å². The molecule has 2 aliphatic heterocycles. The minimum Gasteiger partial charge on any atom is -0.376 e. The Hall–Kier alpha value is -0.380. The van der Waals surface area contributed by atoms with E-state index < -0.39 is 0 Å². The van der Waals surface area contributed by atoms with Gasteiger partial charge in [-0.2, -0.15) is 0 Å². The van der Waals surface area contributed by atoms with Crippen LogP contribution in [0.5, 0.6) is 0 Å². The number of hydrogen-bond donors (Lipinski definition) is 1. The Bertz CT molecular complexity index is 380. The van der Waals surface area contributed by atoms with E-state index in [1.165, 1.54) is 5.56 Å². The van der Waals surface area contributed by atoms with Gasteiger partial charge in [0.1, 0.15) is 0 Å². The van der Waals surface area contributed by atoms with Crippen LogP contribution >= 0.6 is 15.9 Å². The summed E-state index contributed by atoms with van der Waals surface area (Å²) in [5.41, 5.74) is 1.81. The summed E-state index contributed by atoms with van der Waals surface area (Å²) in [4.78, 5) is 0. The zero-order chi connectivity index (χ0) is 11.2. The maximum absolute atomic E-state index is 5.78. The molecule has 1 N–H and O–H groups in total. The van der Waals surface area contributed by atoms with Crippen molar-refractivity contribution in [1.29, 1.82) is 0 Å². The fourth-order valence-corrected chi connectivity index (χ4v) is 3.04. The number of rotatable bonds is 2. The summed E-state index contributed by atoms with van der Waals surface area (Å²) in [6.45, 7) is 5.45. The lowest BCUT2D eigenvalue weighted by atomic mass is 9.67. The molecule has 1 spiro atoms. The van der Waals surface area contributed by atoms with Crippen molar-refractivity contribution in [3.05, 3.63) is 34.3 Å². The Morgan fingerprint density at radius 3 is 2.50 bits per heavy atom. The van der Waals surface area contributed by atoms with Gasteiger partial charge in [-0.05, 0) is 17.7 Å². The molecule has 2 fully saturated rings. The van der Waals surface area contributed by atoms with Crippen LogP contribution in [0.2, 0.25) is 0 Å². The largest absolute Gasteiger partial charge is 0.376 e. The molecule has 16 heavy (non-hydrogen) atoms. The summed E-state index contributed by atoms with van der Waals surface area (Å²) >= 11 is 3.47. The van der Waals surface area contributed by atoms with Crippen LogP contribution < -0.4 is 5.32 Å². The van der Waals surface area contributed by atoms with Gasteiger partial charge in [-0.1, -0.05) is 35.0 Å². The van der Waals surface area contributed by atoms with Gasteiger partial charge in [-0.15, -0.1) is 0 Å². The predicted molar refractivity (Wildman–Crippen MR) is 67.6 cm³/mol. The average molecular weight is 282 g/mol. The van der Waals surface area contributed by atoms with Crippen molar-refractivity contribution in [3.63, 3.8) is 0 Å². The van der Waals surface area contributed by atoms with Crippen molar-refractivity contribution in [2.24, 2.45) is 5.41 Å². The van der Waals surface area contributed by atoms with E-state index in [1.54, 1.807) is 0 Å². The molecule has 0 aliphatic carbocycles. The van der Waals surface area contributed by atoms with E-state index in [4.69, 9.17) is 4.74 Å². The molecule has 2 nitrogen and oxygen atoms in total. The van der Waals surface area contributed by atoms with E-state index in [2.05, 4.69) is 52.4 Å². The predicted octanol–water partition coefficient (Wildman–Crippen LogP) is 2.54. The molecule has 3 heteroatoms. The minimum atomic E-state index is 0.398. The van der Waals surface area contributed by atoms with Crippen LogP contribution in [-0.4, -0.2) is 25.8 Å². The number of halogens is 1. The molecular formula is C13H16BrNO. The van der Waals surface area contributed by atoms with Crippen LogP contribution in [0, 0.1) is 5.41 Å². The number of benzene rings is 1. The molecule has 0 aromatic heterocycles. The van der Waals surface area contributed by atoms with Crippen LogP contribution in [0.3, 0.4) is 0 Å². The van der Waals surface area contributed by atoms with Gasteiger partial charge in [0.2, 0.25) is 0 Å². The lowest BCUT2D eigenvalue weighted by molar-refractivity contribution is -0.216. The van der Waals surface area contributed by atoms with Gasteiger partial charge in [0, 0.05) is 28.9 Å². The van der Waals surface area contributed by atoms with E-state index in [0.29, 0.717) is 17.4 Å². The van der Waals surface area contributed by atoms with E-state index in [1.807, 2.05) is 0 Å². The zero-order valence-electron chi connectivity index (χ0n) is 9.37. The van der Waals surface area contributed by atoms with Crippen molar-refractivity contribution in [1.82, 2.24) is 5.32 Å². The summed E-state index contributed by atoms with van der Waals surface area (Å²) in [6, 6.07) is 8.60. The zero-order valence-corrected chi connectivity index (χ0v) is 11.0. The second-order valence-corrected chi connectivity index (χ2v) is 5.95. The maximum Gasteiger partial charge on any atom is 0.0743 e. The first kappa shape index (κ1) is 10.8. The fraction of sp³-hybridized carbons (Fsp3) is 0.538. The smallest absolute Gasteiger partial charge is 0.0743 e. The maximum atomic E-state index is 5.78. The van der Waals surface area contributed by atoms with Crippen LogP contribution in [0.4, 0.5) is 0 Å². The van der Waals surface area contributed by atoms with Crippen molar-refractivity contribution in [3.8, 4) is 0 Å². The van der Waals surface area contributed by atoms with Gasteiger partial charge in [0.25, 0.3) is 0 Å². The summed E-state index contributed by atoms with van der Waals surface area (Å²) in [5.74, 6) is 0.490. The minimum absolute atomic E-state index is 0.398. The van der Waals surface area contributed by atoms with Gasteiger partial charge in [-0.3, -0.25) is 0 Å². The second kappa shape index (κ2) is 3.83. The van der Waals surface area contributed by atoms with E-state index in [-0.39, 0.29) is 0 Å². The molecule has 1 aromatic rings. The van der Waals surface area contributed by atoms with Gasteiger partial charge in [0.15, 0.2) is 0 Å². The first-order valence-electron chi connectivity index (χ1n) is 5.79. The Morgan fingerprint density at radius 1 is 1.38 bits per heavy atom. The highest BCUT2D eigenvalue weighted by atomic mass is 79.9.